The van der Waals surface area contributed by atoms with Crippen LogP contribution in [0.3, 0.4) is 0 Å². The third kappa shape index (κ3) is 4.01. The van der Waals surface area contributed by atoms with Crippen LogP contribution >= 0.6 is 24.4 Å². The van der Waals surface area contributed by atoms with Crippen molar-refractivity contribution in [2.24, 2.45) is 9.98 Å². The van der Waals surface area contributed by atoms with Crippen LogP contribution in [0.15, 0.2) is 58.5 Å². The highest BCUT2D eigenvalue weighted by molar-refractivity contribution is 7.78. The van der Waals surface area contributed by atoms with Gasteiger partial charge in [-0.15, -0.1) is 0 Å². The van der Waals surface area contributed by atoms with Gasteiger partial charge in [-0.2, -0.15) is 9.98 Å². The van der Waals surface area contributed by atoms with Crippen LogP contribution in [0.2, 0.25) is 0 Å². The van der Waals surface area contributed by atoms with E-state index in [0.29, 0.717) is 0 Å². The molecule has 0 heterocycles. The van der Waals surface area contributed by atoms with Crippen molar-refractivity contribution < 1.29 is 0 Å². The number of benzene rings is 2. The zero-order valence-electron chi connectivity index (χ0n) is 11.6. The van der Waals surface area contributed by atoms with Crippen molar-refractivity contribution >= 4 is 46.1 Å². The molecule has 2 nitrogen and oxygen atoms in total. The second kappa shape index (κ2) is 7.72. The van der Waals surface area contributed by atoms with E-state index in [1.807, 2.05) is 36.4 Å². The van der Waals surface area contributed by atoms with Crippen molar-refractivity contribution in [3.05, 3.63) is 59.7 Å². The van der Waals surface area contributed by atoms with Crippen molar-refractivity contribution in [3.8, 4) is 0 Å². The van der Waals surface area contributed by atoms with Crippen molar-refractivity contribution in [1.82, 2.24) is 0 Å². The van der Waals surface area contributed by atoms with E-state index < -0.39 is 0 Å². The van der Waals surface area contributed by atoms with Gasteiger partial charge in [-0.3, -0.25) is 0 Å². The molecule has 1 atom stereocenters. The lowest BCUT2D eigenvalue weighted by Gasteiger charge is -2.15. The molecule has 4 heteroatoms. The third-order valence-electron chi connectivity index (χ3n) is 3.32. The lowest BCUT2D eigenvalue weighted by atomic mass is 9.92. The molecule has 0 bridgehead atoms. The van der Waals surface area contributed by atoms with Crippen LogP contribution in [0.25, 0.3) is 0 Å². The number of hydrogen-bond donors (Lipinski definition) is 0. The smallest absolute Gasteiger partial charge is 0.0774 e. The van der Waals surface area contributed by atoms with Crippen LogP contribution in [0.4, 0.5) is 11.4 Å². The van der Waals surface area contributed by atoms with Crippen molar-refractivity contribution in [2.75, 3.05) is 0 Å². The minimum Gasteiger partial charge on any atom is -0.194 e. The Labute approximate surface area is 135 Å². The summed E-state index contributed by atoms with van der Waals surface area (Å²) >= 11 is 9.42. The minimum absolute atomic E-state index is 0.287. The van der Waals surface area contributed by atoms with Crippen LogP contribution in [0.1, 0.15) is 24.0 Å². The van der Waals surface area contributed by atoms with E-state index in [4.69, 9.17) is 24.4 Å². The van der Waals surface area contributed by atoms with Crippen LogP contribution in [0.5, 0.6) is 0 Å². The van der Waals surface area contributed by atoms with Crippen molar-refractivity contribution in [3.63, 3.8) is 0 Å². The lowest BCUT2D eigenvalue weighted by Crippen LogP contribution is -1.99. The largest absolute Gasteiger partial charge is 0.194 e. The normalized spacial score (nSPS) is 11.1. The maximum atomic E-state index is 4.71. The zero-order valence-corrected chi connectivity index (χ0v) is 13.2. The summed E-state index contributed by atoms with van der Waals surface area (Å²) in [6.07, 6.45) is 0.848. The number of aliphatic imine (C=N–C) groups is 2. The highest BCUT2D eigenvalue weighted by Gasteiger charge is 2.12. The predicted octanol–water partition coefficient (Wildman–Crippen LogP) is 5.50. The number of rotatable bonds is 5. The summed E-state index contributed by atoms with van der Waals surface area (Å²) in [5.41, 5.74) is 4.03. The summed E-state index contributed by atoms with van der Waals surface area (Å²) < 4.78 is 0. The monoisotopic (exact) mass is 310 g/mol. The summed E-state index contributed by atoms with van der Waals surface area (Å²) in [6, 6.07) is 15.9. The molecule has 0 radical (unpaired) electrons. The molecule has 0 fully saturated rings. The average molecular weight is 310 g/mol. The quantitative estimate of drug-likeness (QED) is 0.538. The van der Waals surface area contributed by atoms with E-state index in [2.05, 4.69) is 39.4 Å². The number of thiocarbonyl (C=S) groups is 2. The predicted molar refractivity (Wildman–Crippen MR) is 94.4 cm³/mol. The Morgan fingerprint density at radius 1 is 0.905 bits per heavy atom. The Morgan fingerprint density at radius 3 is 2.19 bits per heavy atom. The molecule has 21 heavy (non-hydrogen) atoms. The molecule has 2 rings (SSSR count). The molecule has 0 saturated heterocycles. The van der Waals surface area contributed by atoms with Crippen molar-refractivity contribution in [2.45, 2.75) is 19.3 Å². The number of hydrogen-bond acceptors (Lipinski definition) is 4. The molecule has 0 aromatic heterocycles. The van der Waals surface area contributed by atoms with Gasteiger partial charge in [-0.05, 0) is 60.0 Å². The second-order valence-corrected chi connectivity index (χ2v) is 5.06. The molecule has 0 aliphatic carbocycles. The van der Waals surface area contributed by atoms with E-state index in [9.17, 15) is 0 Å². The topological polar surface area (TPSA) is 24.7 Å². The molecule has 0 spiro atoms. The van der Waals surface area contributed by atoms with Gasteiger partial charge < -0.3 is 0 Å². The summed E-state index contributed by atoms with van der Waals surface area (Å²) in [5.74, 6) is 0.287. The minimum atomic E-state index is 0.287. The standard InChI is InChI=1S/C17H14N2S2/c1-13(15-7-3-5-9-17(15)19-12-21)10-14-6-2-4-8-16(14)18-11-20/h2-9,13H,10H2,1H3. The van der Waals surface area contributed by atoms with E-state index in [1.165, 1.54) is 0 Å². The van der Waals surface area contributed by atoms with Crippen LogP contribution in [-0.2, 0) is 6.42 Å². The molecule has 2 aromatic rings. The first-order valence-corrected chi connectivity index (χ1v) is 7.40. The van der Waals surface area contributed by atoms with Gasteiger partial charge in [0.15, 0.2) is 0 Å². The van der Waals surface area contributed by atoms with Gasteiger partial charge in [0.2, 0.25) is 0 Å². The highest BCUT2D eigenvalue weighted by Crippen LogP contribution is 2.31. The van der Waals surface area contributed by atoms with Crippen LogP contribution < -0.4 is 0 Å². The summed E-state index contributed by atoms with van der Waals surface area (Å²) in [7, 11) is 0. The van der Waals surface area contributed by atoms with Gasteiger partial charge in [0, 0.05) is 0 Å². The molecule has 1 unspecified atom stereocenters. The first kappa shape index (κ1) is 15.4. The molecular formula is C17H14N2S2. The fourth-order valence-corrected chi connectivity index (χ4v) is 2.53. The Balaban J connectivity index is 2.32. The van der Waals surface area contributed by atoms with E-state index in [-0.39, 0.29) is 5.92 Å². The fraction of sp³-hybridized carbons (Fsp3) is 0.176. The van der Waals surface area contributed by atoms with Gasteiger partial charge >= 0.3 is 0 Å². The van der Waals surface area contributed by atoms with Gasteiger partial charge in [0.25, 0.3) is 0 Å². The van der Waals surface area contributed by atoms with Crippen molar-refractivity contribution in [1.29, 1.82) is 0 Å². The van der Waals surface area contributed by atoms with E-state index >= 15 is 0 Å². The Morgan fingerprint density at radius 2 is 1.48 bits per heavy atom. The van der Waals surface area contributed by atoms with Crippen LogP contribution in [-0.4, -0.2) is 10.3 Å². The first-order chi connectivity index (χ1) is 10.3. The van der Waals surface area contributed by atoms with Gasteiger partial charge in [-0.1, -0.05) is 43.3 Å². The van der Waals surface area contributed by atoms with E-state index in [1.54, 1.807) is 0 Å². The van der Waals surface area contributed by atoms with Gasteiger partial charge in [-0.25, -0.2) is 0 Å². The number of isothiocyanates is 2. The SMILES string of the molecule is CC(Cc1ccccc1N=C=S)c1ccccc1N=C=S. The van der Waals surface area contributed by atoms with Crippen LogP contribution in [0, 0.1) is 0 Å². The lowest BCUT2D eigenvalue weighted by molar-refractivity contribution is 0.760. The zero-order chi connectivity index (χ0) is 15.1. The second-order valence-electron chi connectivity index (χ2n) is 4.70. The molecule has 0 aliphatic heterocycles. The highest BCUT2D eigenvalue weighted by atomic mass is 32.1. The Kier molecular flexibility index (Phi) is 5.68. The molecule has 104 valence electrons. The Hall–Kier alpha value is -1.96. The summed E-state index contributed by atoms with van der Waals surface area (Å²) in [4.78, 5) is 8.26. The number of para-hydroxylation sites is 2. The Bertz CT molecular complexity index is 727. The molecule has 0 amide bonds. The first-order valence-electron chi connectivity index (χ1n) is 6.59. The molecular weight excluding hydrogens is 296 g/mol. The fourth-order valence-electron chi connectivity index (χ4n) is 2.34. The molecule has 0 saturated carbocycles. The van der Waals surface area contributed by atoms with Gasteiger partial charge in [0.1, 0.15) is 0 Å². The number of nitrogens with zero attached hydrogens (tertiary/aromatic N) is 2. The summed E-state index contributed by atoms with van der Waals surface area (Å²) in [5, 5.41) is 4.88. The average Bonchev–Trinajstić information content (AvgIpc) is 2.50. The molecule has 0 aliphatic rings. The van der Waals surface area contributed by atoms with E-state index in [0.717, 1.165) is 28.9 Å². The maximum Gasteiger partial charge on any atom is 0.0774 e. The summed E-state index contributed by atoms with van der Waals surface area (Å²) in [6.45, 7) is 2.16. The maximum absolute atomic E-state index is 4.71. The third-order valence-corrected chi connectivity index (χ3v) is 3.50. The molecule has 2 aromatic carbocycles. The molecule has 0 N–H and O–H groups in total. The van der Waals surface area contributed by atoms with Gasteiger partial charge in [0.05, 0.1) is 21.7 Å².